The average molecular weight is 311 g/mol. The van der Waals surface area contributed by atoms with Crippen LogP contribution in [0.1, 0.15) is 30.2 Å². The Balaban J connectivity index is 1.88. The fraction of sp³-hybridized carbons (Fsp3) is 0.222. The van der Waals surface area contributed by atoms with Crippen LogP contribution >= 0.6 is 11.8 Å². The fourth-order valence-corrected chi connectivity index (χ4v) is 3.10. The van der Waals surface area contributed by atoms with E-state index in [2.05, 4.69) is 24.3 Å². The molecule has 112 valence electrons. The summed E-state index contributed by atoms with van der Waals surface area (Å²) in [6.45, 7) is 1.58. The summed E-state index contributed by atoms with van der Waals surface area (Å²) in [5, 5.41) is 0.595. The van der Waals surface area contributed by atoms with Crippen molar-refractivity contribution >= 4 is 22.8 Å². The summed E-state index contributed by atoms with van der Waals surface area (Å²) in [7, 11) is 0. The first-order valence-electron chi connectivity index (χ1n) is 7.20. The van der Waals surface area contributed by atoms with Crippen LogP contribution in [0.2, 0.25) is 0 Å². The minimum Gasteiger partial charge on any atom is -0.462 e. The lowest BCUT2D eigenvalue weighted by molar-refractivity contribution is -0.114. The van der Waals surface area contributed by atoms with E-state index in [0.717, 1.165) is 11.1 Å². The first-order chi connectivity index (χ1) is 10.7. The number of thioether (sulfide) groups is 1. The quantitative estimate of drug-likeness (QED) is 0.850. The molecule has 0 unspecified atom stereocenters. The van der Waals surface area contributed by atoms with Crippen molar-refractivity contribution in [2.45, 2.75) is 19.1 Å². The zero-order valence-corrected chi connectivity index (χ0v) is 13.1. The van der Waals surface area contributed by atoms with Crippen LogP contribution in [0.15, 0.2) is 65.7 Å². The van der Waals surface area contributed by atoms with E-state index in [1.54, 1.807) is 6.92 Å². The molecule has 0 N–H and O–H groups in total. The Bertz CT molecular complexity index is 670. The second-order valence-electron chi connectivity index (χ2n) is 5.19. The number of nitrogens with zero attached hydrogens (tertiary/aromatic N) is 1. The van der Waals surface area contributed by atoms with Gasteiger partial charge in [0.1, 0.15) is 11.8 Å². The molecule has 3 nitrogen and oxygen atoms in total. The van der Waals surface area contributed by atoms with Crippen LogP contribution in [0.25, 0.3) is 0 Å². The van der Waals surface area contributed by atoms with E-state index in [1.807, 2.05) is 36.4 Å². The lowest BCUT2D eigenvalue weighted by Gasteiger charge is -2.18. The summed E-state index contributed by atoms with van der Waals surface area (Å²) in [6, 6.07) is 20.2. The van der Waals surface area contributed by atoms with E-state index >= 15 is 0 Å². The largest absolute Gasteiger partial charge is 0.462 e. The van der Waals surface area contributed by atoms with Crippen molar-refractivity contribution in [2.24, 2.45) is 4.99 Å². The maximum atomic E-state index is 11.2. The van der Waals surface area contributed by atoms with Gasteiger partial charge in [-0.05, 0) is 18.1 Å². The number of rotatable bonds is 4. The van der Waals surface area contributed by atoms with Gasteiger partial charge in [-0.25, -0.2) is 4.99 Å². The third-order valence-electron chi connectivity index (χ3n) is 3.43. The molecule has 0 bridgehead atoms. The van der Waals surface area contributed by atoms with Crippen LogP contribution in [-0.2, 0) is 9.53 Å². The molecule has 0 radical (unpaired) electrons. The van der Waals surface area contributed by atoms with Crippen LogP contribution in [-0.4, -0.2) is 16.8 Å². The van der Waals surface area contributed by atoms with Gasteiger partial charge in [0.15, 0.2) is 6.10 Å². The average Bonchev–Trinajstić information content (AvgIpc) is 2.99. The highest BCUT2D eigenvalue weighted by atomic mass is 32.2. The predicted octanol–water partition coefficient (Wildman–Crippen LogP) is 4.18. The standard InChI is InChI=1S/C18H17NO2S/c1-13(20)12-22-18-19-16(14-8-4-2-5-9-14)17(21-18)15-10-6-3-7-11-15/h2-11,16-17H,12H2,1H3/t16-,17-/m1/s1. The Labute approximate surface area is 134 Å². The molecule has 1 aliphatic heterocycles. The fourth-order valence-electron chi connectivity index (χ4n) is 2.41. The van der Waals surface area contributed by atoms with Crippen molar-refractivity contribution in [1.29, 1.82) is 0 Å². The molecule has 4 heteroatoms. The number of benzene rings is 2. The Morgan fingerprint density at radius 1 is 1.05 bits per heavy atom. The van der Waals surface area contributed by atoms with Gasteiger partial charge in [-0.1, -0.05) is 72.4 Å². The molecule has 0 spiro atoms. The number of ketones is 1. The van der Waals surface area contributed by atoms with Gasteiger partial charge in [-0.2, -0.15) is 0 Å². The molecule has 3 rings (SSSR count). The third-order valence-corrected chi connectivity index (χ3v) is 4.43. The van der Waals surface area contributed by atoms with Gasteiger partial charge in [0.05, 0.1) is 5.75 Å². The molecule has 2 aromatic rings. The summed E-state index contributed by atoms with van der Waals surface area (Å²) in [5.41, 5.74) is 2.22. The maximum Gasteiger partial charge on any atom is 0.247 e. The molecule has 0 fully saturated rings. The number of carbonyl (C=O) groups excluding carboxylic acids is 1. The Hall–Kier alpha value is -2.07. The Kier molecular flexibility index (Phi) is 4.59. The molecule has 22 heavy (non-hydrogen) atoms. The number of carbonyl (C=O) groups is 1. The van der Waals surface area contributed by atoms with Crippen molar-refractivity contribution in [3.8, 4) is 0 Å². The molecule has 0 saturated heterocycles. The van der Waals surface area contributed by atoms with Crippen LogP contribution in [0.3, 0.4) is 0 Å². The van der Waals surface area contributed by atoms with Crippen molar-refractivity contribution in [1.82, 2.24) is 0 Å². The summed E-state index contributed by atoms with van der Waals surface area (Å²) < 4.78 is 6.03. The first-order valence-corrected chi connectivity index (χ1v) is 8.19. The van der Waals surface area contributed by atoms with E-state index in [9.17, 15) is 4.79 Å². The predicted molar refractivity (Wildman–Crippen MR) is 90.0 cm³/mol. The second kappa shape index (κ2) is 6.79. The highest BCUT2D eigenvalue weighted by molar-refractivity contribution is 8.14. The molecule has 0 aromatic heterocycles. The van der Waals surface area contributed by atoms with Crippen molar-refractivity contribution < 1.29 is 9.53 Å². The maximum absolute atomic E-state index is 11.2. The van der Waals surface area contributed by atoms with Crippen LogP contribution in [0, 0.1) is 0 Å². The molecule has 0 saturated carbocycles. The van der Waals surface area contributed by atoms with Gasteiger partial charge in [0.25, 0.3) is 0 Å². The summed E-state index contributed by atoms with van der Waals surface area (Å²) in [4.78, 5) is 15.9. The monoisotopic (exact) mass is 311 g/mol. The highest BCUT2D eigenvalue weighted by Crippen LogP contribution is 2.41. The molecule has 2 aromatic carbocycles. The van der Waals surface area contributed by atoms with E-state index in [0.29, 0.717) is 11.0 Å². The normalized spacial score (nSPS) is 20.3. The number of hydrogen-bond donors (Lipinski definition) is 0. The summed E-state index contributed by atoms with van der Waals surface area (Å²) in [5.74, 6) is 0.512. The lowest BCUT2D eigenvalue weighted by atomic mass is 9.97. The van der Waals surface area contributed by atoms with E-state index in [-0.39, 0.29) is 17.9 Å². The second-order valence-corrected chi connectivity index (χ2v) is 6.12. The Morgan fingerprint density at radius 3 is 2.23 bits per heavy atom. The molecule has 0 aliphatic carbocycles. The van der Waals surface area contributed by atoms with Gasteiger partial charge in [0, 0.05) is 0 Å². The highest BCUT2D eigenvalue weighted by Gasteiger charge is 2.33. The minimum absolute atomic E-state index is 0.0712. The molecule has 0 amide bonds. The molecular formula is C18H17NO2S. The van der Waals surface area contributed by atoms with Crippen molar-refractivity contribution in [2.75, 3.05) is 5.75 Å². The summed E-state index contributed by atoms with van der Waals surface area (Å²) in [6.07, 6.45) is -0.141. The van der Waals surface area contributed by atoms with Crippen LogP contribution in [0.4, 0.5) is 0 Å². The molecule has 2 atom stereocenters. The number of hydrogen-bond acceptors (Lipinski definition) is 4. The lowest BCUT2D eigenvalue weighted by Crippen LogP contribution is -2.08. The van der Waals surface area contributed by atoms with E-state index in [1.165, 1.54) is 11.8 Å². The van der Waals surface area contributed by atoms with E-state index < -0.39 is 0 Å². The van der Waals surface area contributed by atoms with Gasteiger partial charge in [-0.3, -0.25) is 4.79 Å². The number of ether oxygens (including phenoxy) is 1. The molecule has 1 aliphatic rings. The van der Waals surface area contributed by atoms with Gasteiger partial charge in [0.2, 0.25) is 5.23 Å². The van der Waals surface area contributed by atoms with Crippen LogP contribution < -0.4 is 0 Å². The summed E-state index contributed by atoms with van der Waals surface area (Å²) >= 11 is 1.37. The smallest absolute Gasteiger partial charge is 0.247 e. The SMILES string of the molecule is CC(=O)CSC1=N[C@H](c2ccccc2)[C@@H](c2ccccc2)O1. The van der Waals surface area contributed by atoms with Gasteiger partial charge < -0.3 is 4.74 Å². The Morgan fingerprint density at radius 2 is 1.64 bits per heavy atom. The van der Waals surface area contributed by atoms with Crippen molar-refractivity contribution in [3.05, 3.63) is 71.8 Å². The van der Waals surface area contributed by atoms with Gasteiger partial charge in [-0.15, -0.1) is 0 Å². The molecular weight excluding hydrogens is 294 g/mol. The first kappa shape index (κ1) is 14.9. The van der Waals surface area contributed by atoms with Gasteiger partial charge >= 0.3 is 0 Å². The number of Topliss-reactive ketones (excluding diaryl/α,β-unsaturated/α-hetero) is 1. The minimum atomic E-state index is -0.141. The molecule has 1 heterocycles. The van der Waals surface area contributed by atoms with Crippen LogP contribution in [0.5, 0.6) is 0 Å². The number of aliphatic imine (C=N–C) groups is 1. The van der Waals surface area contributed by atoms with E-state index in [4.69, 9.17) is 9.73 Å². The zero-order chi connectivity index (χ0) is 15.4. The van der Waals surface area contributed by atoms with Crippen molar-refractivity contribution in [3.63, 3.8) is 0 Å². The third kappa shape index (κ3) is 3.39. The zero-order valence-electron chi connectivity index (χ0n) is 12.3. The topological polar surface area (TPSA) is 38.7 Å².